The van der Waals surface area contributed by atoms with Gasteiger partial charge >= 0.3 is 0 Å². The zero-order chi connectivity index (χ0) is 12.5. The fraction of sp³-hybridized carbons (Fsp3) is 0.357. The SMILES string of the molecule is CCC(C)(C)c1ccc(-c2cc(N)no2)cc1. The maximum Gasteiger partial charge on any atom is 0.169 e. The zero-order valence-electron chi connectivity index (χ0n) is 10.5. The Morgan fingerprint density at radius 3 is 2.35 bits per heavy atom. The molecule has 0 aliphatic heterocycles. The van der Waals surface area contributed by atoms with Gasteiger partial charge in [-0.05, 0) is 17.4 Å². The summed E-state index contributed by atoms with van der Waals surface area (Å²) in [6, 6.07) is 10.1. The molecule has 0 radical (unpaired) electrons. The normalized spacial score (nSPS) is 11.7. The summed E-state index contributed by atoms with van der Waals surface area (Å²) >= 11 is 0. The second kappa shape index (κ2) is 4.24. The Kier molecular flexibility index (Phi) is 2.92. The van der Waals surface area contributed by atoms with Crippen molar-refractivity contribution in [2.45, 2.75) is 32.6 Å². The maximum atomic E-state index is 5.53. The van der Waals surface area contributed by atoms with Crippen LogP contribution >= 0.6 is 0 Å². The molecule has 3 heteroatoms. The van der Waals surface area contributed by atoms with Crippen molar-refractivity contribution in [3.63, 3.8) is 0 Å². The Morgan fingerprint density at radius 1 is 1.24 bits per heavy atom. The number of nitrogen functional groups attached to an aromatic ring is 1. The summed E-state index contributed by atoms with van der Waals surface area (Å²) < 4.78 is 5.13. The predicted octanol–water partition coefficient (Wildman–Crippen LogP) is 3.61. The molecule has 0 fully saturated rings. The first-order valence-electron chi connectivity index (χ1n) is 5.86. The fourth-order valence-electron chi connectivity index (χ4n) is 1.71. The van der Waals surface area contributed by atoms with Gasteiger partial charge in [-0.15, -0.1) is 0 Å². The number of hydrogen-bond acceptors (Lipinski definition) is 3. The van der Waals surface area contributed by atoms with E-state index in [-0.39, 0.29) is 5.41 Å². The highest BCUT2D eigenvalue weighted by atomic mass is 16.5. The van der Waals surface area contributed by atoms with E-state index < -0.39 is 0 Å². The molecule has 3 nitrogen and oxygen atoms in total. The molecule has 0 aliphatic rings. The van der Waals surface area contributed by atoms with Gasteiger partial charge in [0.15, 0.2) is 11.6 Å². The van der Waals surface area contributed by atoms with Crippen molar-refractivity contribution >= 4 is 5.82 Å². The summed E-state index contributed by atoms with van der Waals surface area (Å²) in [6.45, 7) is 6.69. The van der Waals surface area contributed by atoms with Gasteiger partial charge in [0.25, 0.3) is 0 Å². The van der Waals surface area contributed by atoms with E-state index in [0.717, 1.165) is 12.0 Å². The van der Waals surface area contributed by atoms with Gasteiger partial charge in [-0.1, -0.05) is 50.2 Å². The van der Waals surface area contributed by atoms with E-state index in [9.17, 15) is 0 Å². The van der Waals surface area contributed by atoms with Gasteiger partial charge in [0.2, 0.25) is 0 Å². The average molecular weight is 230 g/mol. The van der Waals surface area contributed by atoms with Crippen LogP contribution in [0.2, 0.25) is 0 Å². The van der Waals surface area contributed by atoms with Crippen LogP contribution < -0.4 is 5.73 Å². The molecule has 2 aromatic rings. The lowest BCUT2D eigenvalue weighted by Gasteiger charge is -2.23. The lowest BCUT2D eigenvalue weighted by Crippen LogP contribution is -2.14. The van der Waals surface area contributed by atoms with Crippen LogP contribution in [-0.4, -0.2) is 5.16 Å². The Balaban J connectivity index is 2.30. The second-order valence-corrected chi connectivity index (χ2v) is 4.93. The Labute approximate surface area is 102 Å². The summed E-state index contributed by atoms with van der Waals surface area (Å²) in [6.07, 6.45) is 1.11. The van der Waals surface area contributed by atoms with Crippen molar-refractivity contribution in [2.75, 3.05) is 5.73 Å². The summed E-state index contributed by atoms with van der Waals surface area (Å²) in [4.78, 5) is 0. The van der Waals surface area contributed by atoms with E-state index in [0.29, 0.717) is 11.6 Å². The molecule has 1 aromatic carbocycles. The zero-order valence-corrected chi connectivity index (χ0v) is 10.5. The third-order valence-electron chi connectivity index (χ3n) is 3.36. The number of rotatable bonds is 3. The van der Waals surface area contributed by atoms with E-state index in [1.165, 1.54) is 5.56 Å². The molecule has 0 bridgehead atoms. The van der Waals surface area contributed by atoms with E-state index in [1.54, 1.807) is 6.07 Å². The first-order valence-corrected chi connectivity index (χ1v) is 5.86. The smallest absolute Gasteiger partial charge is 0.169 e. The molecule has 1 aromatic heterocycles. The number of benzene rings is 1. The molecule has 17 heavy (non-hydrogen) atoms. The Morgan fingerprint density at radius 2 is 1.88 bits per heavy atom. The fourth-order valence-corrected chi connectivity index (χ4v) is 1.71. The van der Waals surface area contributed by atoms with Gasteiger partial charge in [0.1, 0.15) is 0 Å². The molecule has 0 unspecified atom stereocenters. The summed E-state index contributed by atoms with van der Waals surface area (Å²) in [5.41, 5.74) is 8.07. The largest absolute Gasteiger partial charge is 0.381 e. The van der Waals surface area contributed by atoms with Crippen molar-refractivity contribution in [3.05, 3.63) is 35.9 Å². The van der Waals surface area contributed by atoms with Crippen molar-refractivity contribution in [1.29, 1.82) is 0 Å². The van der Waals surface area contributed by atoms with Gasteiger partial charge in [-0.3, -0.25) is 0 Å². The molecular formula is C14H18N2O. The highest BCUT2D eigenvalue weighted by molar-refractivity contribution is 5.60. The van der Waals surface area contributed by atoms with Gasteiger partial charge in [0, 0.05) is 11.6 Å². The summed E-state index contributed by atoms with van der Waals surface area (Å²) in [5.74, 6) is 1.13. The summed E-state index contributed by atoms with van der Waals surface area (Å²) in [5, 5.41) is 3.68. The first-order chi connectivity index (χ1) is 8.03. The van der Waals surface area contributed by atoms with E-state index >= 15 is 0 Å². The highest BCUT2D eigenvalue weighted by Crippen LogP contribution is 2.29. The van der Waals surface area contributed by atoms with Crippen LogP contribution in [0.15, 0.2) is 34.9 Å². The lowest BCUT2D eigenvalue weighted by molar-refractivity contribution is 0.435. The third-order valence-corrected chi connectivity index (χ3v) is 3.36. The molecule has 2 rings (SSSR count). The molecule has 0 amide bonds. The van der Waals surface area contributed by atoms with Gasteiger partial charge in [0.05, 0.1) is 0 Å². The third kappa shape index (κ3) is 2.33. The molecule has 90 valence electrons. The highest BCUT2D eigenvalue weighted by Gasteiger charge is 2.17. The monoisotopic (exact) mass is 230 g/mol. The molecule has 0 spiro atoms. The van der Waals surface area contributed by atoms with Crippen molar-refractivity contribution in [1.82, 2.24) is 5.16 Å². The van der Waals surface area contributed by atoms with Crippen LogP contribution in [0, 0.1) is 0 Å². The van der Waals surface area contributed by atoms with Crippen LogP contribution in [0.25, 0.3) is 11.3 Å². The number of anilines is 1. The molecule has 1 heterocycles. The van der Waals surface area contributed by atoms with Crippen LogP contribution in [0.4, 0.5) is 5.82 Å². The summed E-state index contributed by atoms with van der Waals surface area (Å²) in [7, 11) is 0. The van der Waals surface area contributed by atoms with Crippen molar-refractivity contribution in [2.24, 2.45) is 0 Å². The number of hydrogen-bond donors (Lipinski definition) is 1. The Bertz CT molecular complexity index is 497. The Hall–Kier alpha value is -1.77. The molecule has 0 saturated heterocycles. The van der Waals surface area contributed by atoms with E-state index in [2.05, 4.69) is 38.1 Å². The second-order valence-electron chi connectivity index (χ2n) is 4.93. The van der Waals surface area contributed by atoms with Gasteiger partial charge in [-0.25, -0.2) is 0 Å². The minimum Gasteiger partial charge on any atom is -0.381 e. The average Bonchev–Trinajstić information content (AvgIpc) is 2.76. The maximum absolute atomic E-state index is 5.53. The predicted molar refractivity (Wildman–Crippen MR) is 69.7 cm³/mol. The van der Waals surface area contributed by atoms with Crippen LogP contribution in [0.1, 0.15) is 32.8 Å². The quantitative estimate of drug-likeness (QED) is 0.876. The first kappa shape index (κ1) is 11.7. The van der Waals surface area contributed by atoms with E-state index in [4.69, 9.17) is 10.3 Å². The van der Waals surface area contributed by atoms with Crippen LogP contribution in [0.3, 0.4) is 0 Å². The molecular weight excluding hydrogens is 212 g/mol. The minimum absolute atomic E-state index is 0.207. The van der Waals surface area contributed by atoms with Crippen LogP contribution in [0.5, 0.6) is 0 Å². The van der Waals surface area contributed by atoms with Gasteiger partial charge < -0.3 is 10.3 Å². The van der Waals surface area contributed by atoms with Crippen molar-refractivity contribution < 1.29 is 4.52 Å². The topological polar surface area (TPSA) is 52.0 Å². The number of aromatic nitrogens is 1. The minimum atomic E-state index is 0.207. The van der Waals surface area contributed by atoms with Gasteiger partial charge in [-0.2, -0.15) is 0 Å². The molecule has 0 saturated carbocycles. The number of nitrogens with two attached hydrogens (primary N) is 1. The van der Waals surface area contributed by atoms with E-state index in [1.807, 2.05) is 12.1 Å². The van der Waals surface area contributed by atoms with Crippen molar-refractivity contribution in [3.8, 4) is 11.3 Å². The lowest BCUT2D eigenvalue weighted by atomic mass is 9.82. The molecule has 0 atom stereocenters. The van der Waals surface area contributed by atoms with Crippen LogP contribution in [-0.2, 0) is 5.41 Å². The standard InChI is InChI=1S/C14H18N2O/c1-4-14(2,3)11-7-5-10(6-8-11)12-9-13(15)16-17-12/h5-9H,4H2,1-3H3,(H2,15,16). The molecule has 2 N–H and O–H groups in total. The molecule has 0 aliphatic carbocycles. The number of nitrogens with zero attached hydrogens (tertiary/aromatic N) is 1.